The van der Waals surface area contributed by atoms with Crippen LogP contribution in [-0.4, -0.2) is 28.5 Å². The summed E-state index contributed by atoms with van der Waals surface area (Å²) < 4.78 is 7.08. The van der Waals surface area contributed by atoms with E-state index in [0.717, 1.165) is 17.3 Å². The minimum Gasteiger partial charge on any atom is -0.381 e. The second-order valence-electron chi connectivity index (χ2n) is 4.56. The van der Waals surface area contributed by atoms with Crippen LogP contribution in [0.1, 0.15) is 20.3 Å². The summed E-state index contributed by atoms with van der Waals surface area (Å²) in [5, 5.41) is 1.94. The molecule has 1 heterocycles. The highest BCUT2D eigenvalue weighted by Gasteiger charge is 2.11. The van der Waals surface area contributed by atoms with Crippen LogP contribution >= 0.6 is 23.4 Å². The second-order valence-corrected chi connectivity index (χ2v) is 6.06. The molecule has 0 bridgehead atoms. The maximum atomic E-state index is 12.6. The number of benzene rings is 1. The minimum absolute atomic E-state index is 0.00238. The lowest BCUT2D eigenvalue weighted by Gasteiger charge is -2.12. The molecule has 0 N–H and O–H groups in total. The Hall–Kier alpha value is -1.04. The zero-order chi connectivity index (χ0) is 15.2. The number of aromatic nitrogens is 2. The van der Waals surface area contributed by atoms with Crippen molar-refractivity contribution in [2.75, 3.05) is 19.0 Å². The van der Waals surface area contributed by atoms with E-state index >= 15 is 0 Å². The summed E-state index contributed by atoms with van der Waals surface area (Å²) in [7, 11) is 0. The number of halogens is 1. The van der Waals surface area contributed by atoms with Crippen molar-refractivity contribution >= 4 is 34.3 Å². The van der Waals surface area contributed by atoms with Crippen molar-refractivity contribution in [3.8, 4) is 0 Å². The molecule has 0 aliphatic rings. The average molecular weight is 327 g/mol. The van der Waals surface area contributed by atoms with Gasteiger partial charge in [0.05, 0.1) is 17.5 Å². The van der Waals surface area contributed by atoms with Crippen LogP contribution in [0.25, 0.3) is 10.9 Å². The average Bonchev–Trinajstić information content (AvgIpc) is 2.47. The van der Waals surface area contributed by atoms with Crippen molar-refractivity contribution in [3.63, 3.8) is 0 Å². The summed E-state index contributed by atoms with van der Waals surface area (Å²) in [6, 6.07) is 5.21. The van der Waals surface area contributed by atoms with Crippen molar-refractivity contribution < 1.29 is 4.74 Å². The van der Waals surface area contributed by atoms with Gasteiger partial charge in [0, 0.05) is 23.9 Å². The minimum atomic E-state index is -0.00238. The van der Waals surface area contributed by atoms with Gasteiger partial charge in [-0.2, -0.15) is 0 Å². The molecule has 6 heteroatoms. The van der Waals surface area contributed by atoms with E-state index in [9.17, 15) is 4.79 Å². The molecule has 0 atom stereocenters. The summed E-state index contributed by atoms with van der Waals surface area (Å²) in [6.45, 7) is 6.03. The number of rotatable bonds is 7. The molecule has 0 aliphatic heterocycles. The molecule has 0 unspecified atom stereocenters. The maximum absolute atomic E-state index is 12.6. The molecule has 0 amide bonds. The summed E-state index contributed by atoms with van der Waals surface area (Å²) in [5.74, 6) is 0.774. The predicted molar refractivity (Wildman–Crippen MR) is 88.5 cm³/mol. The molecule has 0 fully saturated rings. The first-order valence-electron chi connectivity index (χ1n) is 7.08. The van der Waals surface area contributed by atoms with Gasteiger partial charge in [0.15, 0.2) is 5.16 Å². The van der Waals surface area contributed by atoms with E-state index in [4.69, 9.17) is 16.3 Å². The van der Waals surface area contributed by atoms with Crippen molar-refractivity contribution in [1.82, 2.24) is 9.55 Å². The molecule has 1 aromatic heterocycles. The molecule has 2 rings (SSSR count). The number of nitrogens with zero attached hydrogens (tertiary/aromatic N) is 2. The Labute approximate surface area is 133 Å². The molecule has 4 nitrogen and oxygen atoms in total. The summed E-state index contributed by atoms with van der Waals surface area (Å²) >= 11 is 7.54. The van der Waals surface area contributed by atoms with Gasteiger partial charge in [-0.3, -0.25) is 9.36 Å². The van der Waals surface area contributed by atoms with Gasteiger partial charge in [-0.05, 0) is 31.5 Å². The molecule has 0 radical (unpaired) electrons. The number of ether oxygens (including phenoxy) is 1. The van der Waals surface area contributed by atoms with Crippen molar-refractivity contribution in [2.24, 2.45) is 0 Å². The molecular formula is C15H19ClN2O2S. The van der Waals surface area contributed by atoms with E-state index in [1.807, 2.05) is 13.8 Å². The monoisotopic (exact) mass is 326 g/mol. The Morgan fingerprint density at radius 3 is 2.90 bits per heavy atom. The Bertz CT molecular complexity index is 673. The third-order valence-electron chi connectivity index (χ3n) is 2.99. The van der Waals surface area contributed by atoms with Crippen LogP contribution in [-0.2, 0) is 11.3 Å². The highest BCUT2D eigenvalue weighted by atomic mass is 35.5. The van der Waals surface area contributed by atoms with Crippen LogP contribution in [0.15, 0.2) is 28.2 Å². The van der Waals surface area contributed by atoms with Gasteiger partial charge in [-0.1, -0.05) is 30.3 Å². The SMILES string of the molecule is CCCn1c(SCCOCC)nc2cc(Cl)ccc2c1=O. The summed E-state index contributed by atoms with van der Waals surface area (Å²) in [5.41, 5.74) is 0.649. The molecule has 0 spiro atoms. The molecule has 0 saturated heterocycles. The van der Waals surface area contributed by atoms with Crippen molar-refractivity contribution in [3.05, 3.63) is 33.6 Å². The summed E-state index contributed by atoms with van der Waals surface area (Å²) in [4.78, 5) is 17.2. The smallest absolute Gasteiger partial charge is 0.262 e. The van der Waals surface area contributed by atoms with Gasteiger partial charge < -0.3 is 4.74 Å². The molecule has 1 aromatic carbocycles. The molecule has 0 aliphatic carbocycles. The molecular weight excluding hydrogens is 308 g/mol. The van der Waals surface area contributed by atoms with Crippen LogP contribution in [0.3, 0.4) is 0 Å². The molecule has 2 aromatic rings. The number of thioether (sulfide) groups is 1. The zero-order valence-corrected chi connectivity index (χ0v) is 13.8. The second kappa shape index (κ2) is 7.82. The lowest BCUT2D eigenvalue weighted by atomic mass is 10.2. The Balaban J connectivity index is 2.40. The first kappa shape index (κ1) is 16.3. The largest absolute Gasteiger partial charge is 0.381 e. The zero-order valence-electron chi connectivity index (χ0n) is 12.3. The van der Waals surface area contributed by atoms with E-state index in [2.05, 4.69) is 4.98 Å². The number of hydrogen-bond donors (Lipinski definition) is 0. The maximum Gasteiger partial charge on any atom is 0.262 e. The fourth-order valence-electron chi connectivity index (χ4n) is 2.04. The lowest BCUT2D eigenvalue weighted by molar-refractivity contribution is 0.164. The van der Waals surface area contributed by atoms with Crippen LogP contribution in [0.5, 0.6) is 0 Å². The standard InChI is InChI=1S/C15H19ClN2O2S/c1-3-7-18-14(19)12-6-5-11(16)10-13(12)17-15(18)21-9-8-20-4-2/h5-6,10H,3-4,7-9H2,1-2H3. The first-order chi connectivity index (χ1) is 10.2. The van der Waals surface area contributed by atoms with Gasteiger partial charge in [0.2, 0.25) is 0 Å². The van der Waals surface area contributed by atoms with Gasteiger partial charge in [0.25, 0.3) is 5.56 Å². The van der Waals surface area contributed by atoms with E-state index < -0.39 is 0 Å². The van der Waals surface area contributed by atoms with Gasteiger partial charge in [-0.15, -0.1) is 0 Å². The van der Waals surface area contributed by atoms with Crippen LogP contribution in [0, 0.1) is 0 Å². The Morgan fingerprint density at radius 2 is 2.19 bits per heavy atom. The van der Waals surface area contributed by atoms with Crippen LogP contribution in [0.2, 0.25) is 5.02 Å². The first-order valence-corrected chi connectivity index (χ1v) is 8.44. The Morgan fingerprint density at radius 1 is 1.38 bits per heavy atom. The molecule has 21 heavy (non-hydrogen) atoms. The third-order valence-corrected chi connectivity index (χ3v) is 4.17. The van der Waals surface area contributed by atoms with Crippen molar-refractivity contribution in [2.45, 2.75) is 32.0 Å². The van der Waals surface area contributed by atoms with E-state index in [1.54, 1.807) is 34.5 Å². The highest BCUT2D eigenvalue weighted by molar-refractivity contribution is 7.99. The van der Waals surface area contributed by atoms with E-state index in [-0.39, 0.29) is 5.56 Å². The number of fused-ring (bicyclic) bond motifs is 1. The normalized spacial score (nSPS) is 11.2. The molecule has 0 saturated carbocycles. The van der Waals surface area contributed by atoms with E-state index in [0.29, 0.717) is 35.7 Å². The van der Waals surface area contributed by atoms with Gasteiger partial charge in [-0.25, -0.2) is 4.98 Å². The predicted octanol–water partition coefficient (Wildman–Crippen LogP) is 3.59. The highest BCUT2D eigenvalue weighted by Crippen LogP contribution is 2.20. The fraction of sp³-hybridized carbons (Fsp3) is 0.467. The van der Waals surface area contributed by atoms with Gasteiger partial charge in [0.1, 0.15) is 0 Å². The number of hydrogen-bond acceptors (Lipinski definition) is 4. The van der Waals surface area contributed by atoms with Crippen molar-refractivity contribution in [1.29, 1.82) is 0 Å². The fourth-order valence-corrected chi connectivity index (χ4v) is 3.08. The van der Waals surface area contributed by atoms with E-state index in [1.165, 1.54) is 0 Å². The topological polar surface area (TPSA) is 44.1 Å². The summed E-state index contributed by atoms with van der Waals surface area (Å²) in [6.07, 6.45) is 0.889. The Kier molecular flexibility index (Phi) is 6.08. The van der Waals surface area contributed by atoms with Crippen LogP contribution < -0.4 is 5.56 Å². The van der Waals surface area contributed by atoms with Crippen LogP contribution in [0.4, 0.5) is 0 Å². The molecule has 114 valence electrons. The quantitative estimate of drug-likeness (QED) is 0.443. The third kappa shape index (κ3) is 3.99. The lowest BCUT2D eigenvalue weighted by Crippen LogP contribution is -2.23. The van der Waals surface area contributed by atoms with Gasteiger partial charge >= 0.3 is 0 Å².